The zero-order chi connectivity index (χ0) is 14.5. The Morgan fingerprint density at radius 3 is 2.45 bits per heavy atom. The van der Waals surface area contributed by atoms with Crippen LogP contribution in [0.4, 0.5) is 4.39 Å². The van der Waals surface area contributed by atoms with E-state index in [1.807, 2.05) is 6.07 Å². The van der Waals surface area contributed by atoms with Crippen molar-refractivity contribution in [3.05, 3.63) is 70.5 Å². The van der Waals surface area contributed by atoms with Crippen LogP contribution < -0.4 is 0 Å². The van der Waals surface area contributed by atoms with E-state index in [0.29, 0.717) is 18.4 Å². The summed E-state index contributed by atoms with van der Waals surface area (Å²) in [4.78, 5) is 12.0. The quantitative estimate of drug-likeness (QED) is 0.852. The number of benzene rings is 2. The van der Waals surface area contributed by atoms with E-state index < -0.39 is 0 Å². The van der Waals surface area contributed by atoms with Crippen molar-refractivity contribution < 1.29 is 9.18 Å². The standard InChI is InChI=1S/C17H14FNO/c1-12-8-16(18)7-6-15(12)10-17(20)9-13-2-4-14(11-19)5-3-13/h2-8H,9-10H2,1H3. The molecule has 0 bridgehead atoms. The lowest BCUT2D eigenvalue weighted by Crippen LogP contribution is -2.07. The molecule has 0 aliphatic heterocycles. The average molecular weight is 267 g/mol. The molecule has 3 heteroatoms. The molecule has 0 radical (unpaired) electrons. The first-order valence-electron chi connectivity index (χ1n) is 6.34. The van der Waals surface area contributed by atoms with E-state index >= 15 is 0 Å². The fraction of sp³-hybridized carbons (Fsp3) is 0.176. The van der Waals surface area contributed by atoms with Crippen LogP contribution in [-0.4, -0.2) is 5.78 Å². The van der Waals surface area contributed by atoms with E-state index in [2.05, 4.69) is 0 Å². The van der Waals surface area contributed by atoms with Gasteiger partial charge in [-0.15, -0.1) is 0 Å². The number of nitriles is 1. The lowest BCUT2D eigenvalue weighted by atomic mass is 9.99. The molecule has 2 nitrogen and oxygen atoms in total. The van der Waals surface area contributed by atoms with Crippen LogP contribution in [0.3, 0.4) is 0 Å². The summed E-state index contributed by atoms with van der Waals surface area (Å²) in [5.41, 5.74) is 3.10. The molecule has 0 spiro atoms. The van der Waals surface area contributed by atoms with Crippen molar-refractivity contribution in [1.82, 2.24) is 0 Å². The Bertz CT molecular complexity index is 668. The summed E-state index contributed by atoms with van der Waals surface area (Å²) in [5, 5.41) is 8.71. The normalized spacial score (nSPS) is 10.1. The second-order valence-electron chi connectivity index (χ2n) is 4.77. The van der Waals surface area contributed by atoms with Crippen LogP contribution in [0.5, 0.6) is 0 Å². The molecule has 0 unspecified atom stereocenters. The molecule has 0 heterocycles. The monoisotopic (exact) mass is 267 g/mol. The van der Waals surface area contributed by atoms with Gasteiger partial charge in [-0.05, 0) is 47.9 Å². The van der Waals surface area contributed by atoms with Gasteiger partial charge in [0.2, 0.25) is 0 Å². The fourth-order valence-electron chi connectivity index (χ4n) is 2.06. The van der Waals surface area contributed by atoms with E-state index in [4.69, 9.17) is 5.26 Å². The summed E-state index contributed by atoms with van der Waals surface area (Å²) in [6.07, 6.45) is 0.620. The number of aryl methyl sites for hydroxylation is 1. The van der Waals surface area contributed by atoms with Crippen LogP contribution in [0.2, 0.25) is 0 Å². The number of carbonyl (C=O) groups is 1. The molecule has 0 amide bonds. The minimum absolute atomic E-state index is 0.0735. The first-order valence-corrected chi connectivity index (χ1v) is 6.34. The number of ketones is 1. The van der Waals surface area contributed by atoms with Gasteiger partial charge in [0.1, 0.15) is 11.6 Å². The zero-order valence-electron chi connectivity index (χ0n) is 11.2. The predicted molar refractivity (Wildman–Crippen MR) is 74.7 cm³/mol. The molecule has 0 saturated heterocycles. The van der Waals surface area contributed by atoms with Gasteiger partial charge in [-0.25, -0.2) is 4.39 Å². The van der Waals surface area contributed by atoms with E-state index in [9.17, 15) is 9.18 Å². The van der Waals surface area contributed by atoms with Crippen molar-refractivity contribution in [2.45, 2.75) is 19.8 Å². The Balaban J connectivity index is 2.03. The highest BCUT2D eigenvalue weighted by Crippen LogP contribution is 2.13. The van der Waals surface area contributed by atoms with Gasteiger partial charge in [-0.2, -0.15) is 5.26 Å². The predicted octanol–water partition coefficient (Wildman–Crippen LogP) is 3.36. The van der Waals surface area contributed by atoms with Gasteiger partial charge in [0.15, 0.2) is 0 Å². The largest absolute Gasteiger partial charge is 0.299 e. The molecule has 0 aliphatic carbocycles. The molecule has 20 heavy (non-hydrogen) atoms. The van der Waals surface area contributed by atoms with E-state index in [1.54, 1.807) is 37.3 Å². The third kappa shape index (κ3) is 3.52. The van der Waals surface area contributed by atoms with Gasteiger partial charge >= 0.3 is 0 Å². The van der Waals surface area contributed by atoms with Gasteiger partial charge in [0, 0.05) is 12.8 Å². The molecule has 0 aliphatic rings. The van der Waals surface area contributed by atoms with Crippen molar-refractivity contribution in [3.8, 4) is 6.07 Å². The van der Waals surface area contributed by atoms with Gasteiger partial charge < -0.3 is 0 Å². The van der Waals surface area contributed by atoms with Crippen molar-refractivity contribution in [3.63, 3.8) is 0 Å². The van der Waals surface area contributed by atoms with Gasteiger partial charge in [0.25, 0.3) is 0 Å². The maximum absolute atomic E-state index is 13.0. The van der Waals surface area contributed by atoms with Crippen LogP contribution >= 0.6 is 0 Å². The van der Waals surface area contributed by atoms with E-state index in [0.717, 1.165) is 16.7 Å². The fourth-order valence-corrected chi connectivity index (χ4v) is 2.06. The maximum Gasteiger partial charge on any atom is 0.141 e. The minimum atomic E-state index is -0.286. The van der Waals surface area contributed by atoms with Crippen LogP contribution in [0, 0.1) is 24.1 Å². The molecule has 2 aromatic rings. The molecule has 0 fully saturated rings. The number of halogens is 1. The molecular weight excluding hydrogens is 253 g/mol. The van der Waals surface area contributed by atoms with Crippen LogP contribution in [0.15, 0.2) is 42.5 Å². The third-order valence-corrected chi connectivity index (χ3v) is 3.18. The first kappa shape index (κ1) is 14.0. The molecule has 100 valence electrons. The van der Waals surface area contributed by atoms with Crippen molar-refractivity contribution in [1.29, 1.82) is 5.26 Å². The van der Waals surface area contributed by atoms with Crippen LogP contribution in [-0.2, 0) is 17.6 Å². The van der Waals surface area contributed by atoms with Gasteiger partial charge in [-0.1, -0.05) is 18.2 Å². The lowest BCUT2D eigenvalue weighted by Gasteiger charge is -2.05. The summed E-state index contributed by atoms with van der Waals surface area (Å²) in [6.45, 7) is 1.80. The van der Waals surface area contributed by atoms with Crippen molar-refractivity contribution in [2.75, 3.05) is 0 Å². The summed E-state index contributed by atoms with van der Waals surface area (Å²) in [5.74, 6) is -0.213. The first-order chi connectivity index (χ1) is 9.58. The number of nitrogens with zero attached hydrogens (tertiary/aromatic N) is 1. The lowest BCUT2D eigenvalue weighted by molar-refractivity contribution is -0.117. The zero-order valence-corrected chi connectivity index (χ0v) is 11.2. The number of hydrogen-bond donors (Lipinski definition) is 0. The Morgan fingerprint density at radius 1 is 1.15 bits per heavy atom. The number of carbonyl (C=O) groups excluding carboxylic acids is 1. The topological polar surface area (TPSA) is 40.9 Å². The Hall–Kier alpha value is -2.47. The SMILES string of the molecule is Cc1cc(F)ccc1CC(=O)Cc1ccc(C#N)cc1. The summed E-state index contributed by atoms with van der Waals surface area (Å²) in [7, 11) is 0. The smallest absolute Gasteiger partial charge is 0.141 e. The van der Waals surface area contributed by atoms with Crippen LogP contribution in [0.1, 0.15) is 22.3 Å². The van der Waals surface area contributed by atoms with E-state index in [-0.39, 0.29) is 11.6 Å². The Morgan fingerprint density at radius 2 is 1.85 bits per heavy atom. The molecular formula is C17H14FNO. The Labute approximate surface area is 117 Å². The van der Waals surface area contributed by atoms with Crippen molar-refractivity contribution in [2.24, 2.45) is 0 Å². The molecule has 0 atom stereocenters. The molecule has 0 aromatic heterocycles. The molecule has 0 N–H and O–H groups in total. The second kappa shape index (κ2) is 6.12. The number of Topliss-reactive ketones (excluding diaryl/α,β-unsaturated/α-hetero) is 1. The van der Waals surface area contributed by atoms with Gasteiger partial charge in [-0.3, -0.25) is 4.79 Å². The minimum Gasteiger partial charge on any atom is -0.299 e. The molecule has 0 saturated carbocycles. The number of hydrogen-bond acceptors (Lipinski definition) is 2. The summed E-state index contributed by atoms with van der Waals surface area (Å²) in [6, 6.07) is 13.5. The Kier molecular flexibility index (Phi) is 4.27. The molecule has 2 aromatic carbocycles. The molecule has 2 rings (SSSR count). The number of rotatable bonds is 4. The summed E-state index contributed by atoms with van der Waals surface area (Å²) < 4.78 is 13.0. The highest BCUT2D eigenvalue weighted by Gasteiger charge is 2.08. The highest BCUT2D eigenvalue weighted by molar-refractivity contribution is 5.83. The summed E-state index contributed by atoms with van der Waals surface area (Å²) >= 11 is 0. The highest BCUT2D eigenvalue weighted by atomic mass is 19.1. The second-order valence-corrected chi connectivity index (χ2v) is 4.77. The van der Waals surface area contributed by atoms with Crippen molar-refractivity contribution >= 4 is 5.78 Å². The third-order valence-electron chi connectivity index (χ3n) is 3.18. The van der Waals surface area contributed by atoms with E-state index in [1.165, 1.54) is 12.1 Å². The van der Waals surface area contributed by atoms with Gasteiger partial charge in [0.05, 0.1) is 11.6 Å². The maximum atomic E-state index is 13.0. The average Bonchev–Trinajstić information content (AvgIpc) is 2.43. The van der Waals surface area contributed by atoms with Crippen LogP contribution in [0.25, 0.3) is 0 Å².